The number of esters is 1. The van der Waals surface area contributed by atoms with Gasteiger partial charge in [0.1, 0.15) is 6.10 Å². The van der Waals surface area contributed by atoms with Gasteiger partial charge in [-0.1, -0.05) is 27.7 Å². The first kappa shape index (κ1) is 15.5. The van der Waals surface area contributed by atoms with Crippen LogP contribution >= 0.6 is 0 Å². The first-order chi connectivity index (χ1) is 8.43. The van der Waals surface area contributed by atoms with E-state index in [9.17, 15) is 4.79 Å². The normalized spacial score (nSPS) is 19.6. The Morgan fingerprint density at radius 3 is 2.44 bits per heavy atom. The molecular formula is C15H29NO2. The van der Waals surface area contributed by atoms with Crippen LogP contribution in [0.25, 0.3) is 0 Å². The van der Waals surface area contributed by atoms with Crippen LogP contribution < -0.4 is 5.32 Å². The summed E-state index contributed by atoms with van der Waals surface area (Å²) in [4.78, 5) is 11.9. The van der Waals surface area contributed by atoms with Crippen LogP contribution in [0.1, 0.15) is 59.8 Å². The maximum atomic E-state index is 11.9. The van der Waals surface area contributed by atoms with E-state index >= 15 is 0 Å². The monoisotopic (exact) mass is 255 g/mol. The van der Waals surface area contributed by atoms with Crippen molar-refractivity contribution < 1.29 is 9.53 Å². The molecule has 1 aliphatic rings. The average Bonchev–Trinajstić information content (AvgIpc) is 2.33. The number of piperidine rings is 1. The predicted molar refractivity (Wildman–Crippen MR) is 74.5 cm³/mol. The average molecular weight is 255 g/mol. The highest BCUT2D eigenvalue weighted by Crippen LogP contribution is 2.26. The fourth-order valence-corrected chi connectivity index (χ4v) is 2.58. The molecule has 1 rings (SSSR count). The number of carbonyl (C=O) groups is 1. The van der Waals surface area contributed by atoms with Gasteiger partial charge in [0.25, 0.3) is 0 Å². The predicted octanol–water partition coefficient (Wildman–Crippen LogP) is 3.13. The van der Waals surface area contributed by atoms with Crippen LogP contribution in [0.4, 0.5) is 0 Å². The molecule has 0 radical (unpaired) electrons. The molecule has 1 saturated heterocycles. The third kappa shape index (κ3) is 5.38. The van der Waals surface area contributed by atoms with Gasteiger partial charge in [0.05, 0.1) is 0 Å². The highest BCUT2D eigenvalue weighted by Gasteiger charge is 2.26. The molecule has 106 valence electrons. The Kier molecular flexibility index (Phi) is 6.13. The largest absolute Gasteiger partial charge is 0.462 e. The highest BCUT2D eigenvalue weighted by molar-refractivity contribution is 5.69. The molecule has 3 nitrogen and oxygen atoms in total. The van der Waals surface area contributed by atoms with Crippen LogP contribution in [0.5, 0.6) is 0 Å². The number of hydrogen-bond acceptors (Lipinski definition) is 3. The Morgan fingerprint density at radius 1 is 1.33 bits per heavy atom. The van der Waals surface area contributed by atoms with E-state index in [1.54, 1.807) is 0 Å². The molecule has 0 spiro atoms. The molecule has 1 aliphatic heterocycles. The molecule has 0 aromatic heterocycles. The lowest BCUT2D eigenvalue weighted by Crippen LogP contribution is -2.31. The summed E-state index contributed by atoms with van der Waals surface area (Å²) in [7, 11) is 0. The Labute approximate surface area is 112 Å². The Balaban J connectivity index is 2.27. The second-order valence-corrected chi connectivity index (χ2v) is 6.48. The van der Waals surface area contributed by atoms with Crippen molar-refractivity contribution in [2.45, 2.75) is 65.9 Å². The van der Waals surface area contributed by atoms with Gasteiger partial charge in [-0.15, -0.1) is 0 Å². The fourth-order valence-electron chi connectivity index (χ4n) is 2.58. The minimum Gasteiger partial charge on any atom is -0.462 e. The van der Waals surface area contributed by atoms with Gasteiger partial charge in [-0.05, 0) is 50.1 Å². The van der Waals surface area contributed by atoms with Gasteiger partial charge in [-0.2, -0.15) is 0 Å². The first-order valence-electron chi connectivity index (χ1n) is 7.33. The van der Waals surface area contributed by atoms with Crippen molar-refractivity contribution in [3.05, 3.63) is 0 Å². The lowest BCUT2D eigenvalue weighted by atomic mass is 9.87. The van der Waals surface area contributed by atoms with Crippen LogP contribution in [0.3, 0.4) is 0 Å². The van der Waals surface area contributed by atoms with Crippen LogP contribution in [0, 0.1) is 11.3 Å². The van der Waals surface area contributed by atoms with Gasteiger partial charge in [0, 0.05) is 6.42 Å². The van der Waals surface area contributed by atoms with Crippen LogP contribution in [-0.4, -0.2) is 25.2 Å². The maximum Gasteiger partial charge on any atom is 0.306 e. The SMILES string of the molecule is CCC(OC(=O)CCC1CCNCC1)C(C)(C)C. The molecule has 1 N–H and O–H groups in total. The summed E-state index contributed by atoms with van der Waals surface area (Å²) in [6, 6.07) is 0. The van der Waals surface area contributed by atoms with E-state index in [-0.39, 0.29) is 17.5 Å². The third-order valence-corrected chi connectivity index (χ3v) is 3.83. The second kappa shape index (κ2) is 7.13. The molecule has 0 saturated carbocycles. The van der Waals surface area contributed by atoms with E-state index in [4.69, 9.17) is 4.74 Å². The van der Waals surface area contributed by atoms with Crippen molar-refractivity contribution >= 4 is 5.97 Å². The van der Waals surface area contributed by atoms with E-state index in [0.29, 0.717) is 12.3 Å². The van der Waals surface area contributed by atoms with Gasteiger partial charge in [-0.25, -0.2) is 0 Å². The van der Waals surface area contributed by atoms with Crippen LogP contribution in [0.2, 0.25) is 0 Å². The van der Waals surface area contributed by atoms with Gasteiger partial charge >= 0.3 is 5.97 Å². The molecule has 1 fully saturated rings. The lowest BCUT2D eigenvalue weighted by molar-refractivity contribution is -0.155. The molecular weight excluding hydrogens is 226 g/mol. The molecule has 0 bridgehead atoms. The Hall–Kier alpha value is -0.570. The second-order valence-electron chi connectivity index (χ2n) is 6.48. The smallest absolute Gasteiger partial charge is 0.306 e. The molecule has 0 aromatic rings. The van der Waals surface area contributed by atoms with Gasteiger partial charge in [0.15, 0.2) is 0 Å². The number of ether oxygens (including phenoxy) is 1. The Morgan fingerprint density at radius 2 is 1.94 bits per heavy atom. The minimum absolute atomic E-state index is 0.0182. The number of hydrogen-bond donors (Lipinski definition) is 1. The molecule has 18 heavy (non-hydrogen) atoms. The van der Waals surface area contributed by atoms with Crippen molar-refractivity contribution in [3.63, 3.8) is 0 Å². The first-order valence-corrected chi connectivity index (χ1v) is 7.33. The maximum absolute atomic E-state index is 11.9. The number of nitrogens with one attached hydrogen (secondary N) is 1. The van der Waals surface area contributed by atoms with Gasteiger partial charge < -0.3 is 10.1 Å². The summed E-state index contributed by atoms with van der Waals surface area (Å²) < 4.78 is 5.60. The number of rotatable bonds is 5. The molecule has 1 atom stereocenters. The zero-order chi connectivity index (χ0) is 13.6. The number of carbonyl (C=O) groups excluding carboxylic acids is 1. The van der Waals surface area contributed by atoms with Gasteiger partial charge in [-0.3, -0.25) is 4.79 Å². The van der Waals surface area contributed by atoms with E-state index in [0.717, 1.165) is 25.9 Å². The molecule has 0 aromatic carbocycles. The minimum atomic E-state index is -0.0182. The molecule has 1 unspecified atom stereocenters. The molecule has 0 amide bonds. The van der Waals surface area contributed by atoms with Crippen molar-refractivity contribution in [3.8, 4) is 0 Å². The van der Waals surface area contributed by atoms with E-state index in [1.807, 2.05) is 0 Å². The summed E-state index contributed by atoms with van der Waals surface area (Å²) >= 11 is 0. The summed E-state index contributed by atoms with van der Waals surface area (Å²) in [5.41, 5.74) is 0.0408. The fraction of sp³-hybridized carbons (Fsp3) is 0.933. The van der Waals surface area contributed by atoms with E-state index in [2.05, 4.69) is 33.0 Å². The van der Waals surface area contributed by atoms with E-state index < -0.39 is 0 Å². The van der Waals surface area contributed by atoms with Crippen molar-refractivity contribution in [1.82, 2.24) is 5.32 Å². The quantitative estimate of drug-likeness (QED) is 0.767. The highest BCUT2D eigenvalue weighted by atomic mass is 16.5. The lowest BCUT2D eigenvalue weighted by Gasteiger charge is -2.29. The third-order valence-electron chi connectivity index (χ3n) is 3.83. The summed E-state index contributed by atoms with van der Waals surface area (Å²) in [6.45, 7) is 10.7. The molecule has 3 heteroatoms. The Bertz CT molecular complexity index is 252. The molecule has 1 heterocycles. The summed E-state index contributed by atoms with van der Waals surface area (Å²) in [5, 5.41) is 3.35. The molecule has 0 aliphatic carbocycles. The summed E-state index contributed by atoms with van der Waals surface area (Å²) in [5.74, 6) is 0.684. The van der Waals surface area contributed by atoms with Gasteiger partial charge in [0.2, 0.25) is 0 Å². The standard InChI is InChI=1S/C15H29NO2/c1-5-13(15(2,3)4)18-14(17)7-6-12-8-10-16-11-9-12/h12-13,16H,5-11H2,1-4H3. The van der Waals surface area contributed by atoms with Crippen molar-refractivity contribution in [2.24, 2.45) is 11.3 Å². The van der Waals surface area contributed by atoms with E-state index in [1.165, 1.54) is 12.8 Å². The zero-order valence-electron chi connectivity index (χ0n) is 12.4. The zero-order valence-corrected chi connectivity index (χ0v) is 12.4. The van der Waals surface area contributed by atoms with Crippen molar-refractivity contribution in [2.75, 3.05) is 13.1 Å². The topological polar surface area (TPSA) is 38.3 Å². The van der Waals surface area contributed by atoms with Crippen LogP contribution in [-0.2, 0) is 9.53 Å². The summed E-state index contributed by atoms with van der Waals surface area (Å²) in [6.07, 6.45) is 4.90. The van der Waals surface area contributed by atoms with Crippen LogP contribution in [0.15, 0.2) is 0 Å². The van der Waals surface area contributed by atoms with Crippen molar-refractivity contribution in [1.29, 1.82) is 0 Å².